The van der Waals surface area contributed by atoms with E-state index in [1.165, 1.54) is 6.07 Å². The predicted molar refractivity (Wildman–Crippen MR) is 73.3 cm³/mol. The molecule has 0 heterocycles. The summed E-state index contributed by atoms with van der Waals surface area (Å²) < 4.78 is 37.1. The Morgan fingerprint density at radius 1 is 1.10 bits per heavy atom. The number of benzene rings is 2. The van der Waals surface area contributed by atoms with E-state index < -0.39 is 29.6 Å². The molecule has 21 heavy (non-hydrogen) atoms. The second-order valence-electron chi connectivity index (χ2n) is 4.36. The molecule has 0 fully saturated rings. The van der Waals surface area contributed by atoms with Gasteiger partial charge in [-0.1, -0.05) is 18.2 Å². The summed E-state index contributed by atoms with van der Waals surface area (Å²) in [6.07, 6.45) is 0. The molecule has 0 unspecified atom stereocenters. The molecule has 5 heteroatoms. The number of carbonyl (C=O) groups excluding carboxylic acids is 1. The molecule has 3 nitrogen and oxygen atoms in total. The van der Waals surface area contributed by atoms with Crippen LogP contribution in [-0.4, -0.2) is 19.5 Å². The van der Waals surface area contributed by atoms with Crippen LogP contribution >= 0.6 is 0 Å². The van der Waals surface area contributed by atoms with Gasteiger partial charge in [-0.15, -0.1) is 0 Å². The molecule has 0 aliphatic heterocycles. The van der Waals surface area contributed by atoms with E-state index in [1.807, 2.05) is 0 Å². The van der Waals surface area contributed by atoms with Gasteiger partial charge in [0.05, 0.1) is 19.3 Å². The first-order valence-corrected chi connectivity index (χ1v) is 6.29. The van der Waals surface area contributed by atoms with E-state index in [1.54, 1.807) is 31.4 Å². The van der Waals surface area contributed by atoms with Crippen LogP contribution in [0, 0.1) is 11.6 Å². The van der Waals surface area contributed by atoms with Gasteiger partial charge in [0.25, 0.3) is 0 Å². The van der Waals surface area contributed by atoms with Crippen LogP contribution in [0.2, 0.25) is 0 Å². The van der Waals surface area contributed by atoms with E-state index in [2.05, 4.69) is 0 Å². The average molecular weight is 292 g/mol. The molecule has 0 aromatic heterocycles. The van der Waals surface area contributed by atoms with Gasteiger partial charge in [0.1, 0.15) is 24.0 Å². The number of ketones is 1. The molecule has 0 amide bonds. The molecular weight excluding hydrogens is 278 g/mol. The molecule has 2 rings (SSSR count). The lowest BCUT2D eigenvalue weighted by Crippen LogP contribution is -2.13. The summed E-state index contributed by atoms with van der Waals surface area (Å²) in [4.78, 5) is 11.8. The zero-order valence-corrected chi connectivity index (χ0v) is 11.4. The summed E-state index contributed by atoms with van der Waals surface area (Å²) >= 11 is 0. The molecule has 110 valence electrons. The van der Waals surface area contributed by atoms with E-state index >= 15 is 0 Å². The maximum Gasteiger partial charge on any atom is 0.194 e. The van der Waals surface area contributed by atoms with Crippen molar-refractivity contribution in [1.82, 2.24) is 0 Å². The van der Waals surface area contributed by atoms with Gasteiger partial charge in [0.15, 0.2) is 5.78 Å². The Labute approximate surface area is 121 Å². The highest BCUT2D eigenvalue weighted by molar-refractivity contribution is 5.97. The Bertz CT molecular complexity index is 621. The third kappa shape index (κ3) is 3.86. The Morgan fingerprint density at radius 3 is 2.43 bits per heavy atom. The van der Waals surface area contributed by atoms with Crippen molar-refractivity contribution in [3.8, 4) is 5.75 Å². The highest BCUT2D eigenvalue weighted by Crippen LogP contribution is 2.15. The first-order valence-electron chi connectivity index (χ1n) is 6.29. The molecule has 0 radical (unpaired) electrons. The fourth-order valence-corrected chi connectivity index (χ4v) is 1.86. The number of carbonyl (C=O) groups is 1. The number of halogens is 2. The monoisotopic (exact) mass is 292 g/mol. The molecule has 2 aromatic carbocycles. The Hall–Kier alpha value is -2.27. The van der Waals surface area contributed by atoms with Gasteiger partial charge >= 0.3 is 0 Å². The van der Waals surface area contributed by atoms with Crippen LogP contribution in [0.5, 0.6) is 5.75 Å². The van der Waals surface area contributed by atoms with E-state index in [9.17, 15) is 13.6 Å². The smallest absolute Gasteiger partial charge is 0.194 e. The SMILES string of the molecule is COc1cccc(COCC(=O)c2c(F)cccc2F)c1. The normalized spacial score (nSPS) is 10.4. The minimum Gasteiger partial charge on any atom is -0.497 e. The van der Waals surface area contributed by atoms with Gasteiger partial charge in [0, 0.05) is 0 Å². The highest BCUT2D eigenvalue weighted by Gasteiger charge is 2.16. The predicted octanol–water partition coefficient (Wildman–Crippen LogP) is 3.37. The number of rotatable bonds is 6. The molecule has 0 aliphatic rings. The maximum absolute atomic E-state index is 13.4. The molecule has 0 saturated heterocycles. The average Bonchev–Trinajstić information content (AvgIpc) is 2.47. The lowest BCUT2D eigenvalue weighted by atomic mass is 10.1. The van der Waals surface area contributed by atoms with Gasteiger partial charge in [0.2, 0.25) is 0 Å². The molecule has 2 aromatic rings. The van der Waals surface area contributed by atoms with Gasteiger partial charge in [-0.25, -0.2) is 8.78 Å². The highest BCUT2D eigenvalue weighted by atomic mass is 19.1. The summed E-state index contributed by atoms with van der Waals surface area (Å²) in [6.45, 7) is -0.242. The lowest BCUT2D eigenvalue weighted by molar-refractivity contribution is 0.0718. The molecule has 0 bridgehead atoms. The first-order chi connectivity index (χ1) is 10.1. The molecular formula is C16H14F2O3. The molecule has 0 saturated carbocycles. The second kappa shape index (κ2) is 6.95. The van der Waals surface area contributed by atoms with Crippen LogP contribution in [0.4, 0.5) is 8.78 Å². The first kappa shape index (κ1) is 15.1. The second-order valence-corrected chi connectivity index (χ2v) is 4.36. The number of ether oxygens (including phenoxy) is 2. The Balaban J connectivity index is 1.95. The third-order valence-electron chi connectivity index (χ3n) is 2.88. The number of hydrogen-bond donors (Lipinski definition) is 0. The van der Waals surface area contributed by atoms with Crippen molar-refractivity contribution in [2.24, 2.45) is 0 Å². The summed E-state index contributed by atoms with van der Waals surface area (Å²) in [5.74, 6) is -1.83. The summed E-state index contributed by atoms with van der Waals surface area (Å²) in [7, 11) is 1.55. The largest absolute Gasteiger partial charge is 0.497 e. The van der Waals surface area contributed by atoms with E-state index in [0.29, 0.717) is 5.75 Å². The summed E-state index contributed by atoms with van der Waals surface area (Å²) in [5.41, 5.74) is 0.235. The van der Waals surface area contributed by atoms with E-state index in [-0.39, 0.29) is 6.61 Å². The molecule has 0 N–H and O–H groups in total. The van der Waals surface area contributed by atoms with Crippen LogP contribution in [0.3, 0.4) is 0 Å². The van der Waals surface area contributed by atoms with Gasteiger partial charge in [-0.2, -0.15) is 0 Å². The minimum atomic E-state index is -0.884. The van der Waals surface area contributed by atoms with Gasteiger partial charge < -0.3 is 9.47 Å². The van der Waals surface area contributed by atoms with Crippen LogP contribution in [0.25, 0.3) is 0 Å². The third-order valence-corrected chi connectivity index (χ3v) is 2.88. The van der Waals surface area contributed by atoms with E-state index in [4.69, 9.17) is 9.47 Å². The number of Topliss-reactive ketones (excluding diaryl/α,β-unsaturated/α-hetero) is 1. The lowest BCUT2D eigenvalue weighted by Gasteiger charge is -2.07. The summed E-state index contributed by atoms with van der Waals surface area (Å²) in [6, 6.07) is 10.4. The van der Waals surface area contributed by atoms with Crippen LogP contribution in [0.15, 0.2) is 42.5 Å². The minimum absolute atomic E-state index is 0.152. The number of methoxy groups -OCH3 is 1. The van der Waals surface area contributed by atoms with Crippen molar-refractivity contribution < 1.29 is 23.0 Å². The van der Waals surface area contributed by atoms with Crippen molar-refractivity contribution in [2.45, 2.75) is 6.61 Å². The van der Waals surface area contributed by atoms with Crippen molar-refractivity contribution in [3.63, 3.8) is 0 Å². The fraction of sp³-hybridized carbons (Fsp3) is 0.188. The summed E-state index contributed by atoms with van der Waals surface area (Å²) in [5, 5.41) is 0. The van der Waals surface area contributed by atoms with Gasteiger partial charge in [-0.05, 0) is 29.8 Å². The van der Waals surface area contributed by atoms with E-state index in [0.717, 1.165) is 17.7 Å². The van der Waals surface area contributed by atoms with Crippen LogP contribution < -0.4 is 4.74 Å². The molecule has 0 spiro atoms. The standard InChI is InChI=1S/C16H14F2O3/c1-20-12-5-2-4-11(8-12)9-21-10-15(19)16-13(17)6-3-7-14(16)18/h2-8H,9-10H2,1H3. The maximum atomic E-state index is 13.4. The zero-order chi connectivity index (χ0) is 15.2. The molecule has 0 atom stereocenters. The van der Waals surface area contributed by atoms with Crippen molar-refractivity contribution in [3.05, 3.63) is 65.2 Å². The number of hydrogen-bond acceptors (Lipinski definition) is 3. The Kier molecular flexibility index (Phi) is 5.00. The van der Waals surface area contributed by atoms with Crippen LogP contribution in [0.1, 0.15) is 15.9 Å². The topological polar surface area (TPSA) is 35.5 Å². The fourth-order valence-electron chi connectivity index (χ4n) is 1.86. The van der Waals surface area contributed by atoms with Gasteiger partial charge in [-0.3, -0.25) is 4.79 Å². The quantitative estimate of drug-likeness (QED) is 0.766. The van der Waals surface area contributed by atoms with Crippen molar-refractivity contribution in [2.75, 3.05) is 13.7 Å². The van der Waals surface area contributed by atoms with Crippen LogP contribution in [-0.2, 0) is 11.3 Å². The van der Waals surface area contributed by atoms with Crippen molar-refractivity contribution >= 4 is 5.78 Å². The Morgan fingerprint density at radius 2 is 1.76 bits per heavy atom. The zero-order valence-electron chi connectivity index (χ0n) is 11.4. The van der Waals surface area contributed by atoms with Crippen molar-refractivity contribution in [1.29, 1.82) is 0 Å². The molecule has 0 aliphatic carbocycles.